The fourth-order valence-corrected chi connectivity index (χ4v) is 2.68. The summed E-state index contributed by atoms with van der Waals surface area (Å²) in [4.78, 5) is 0. The molecule has 0 bridgehead atoms. The van der Waals surface area contributed by atoms with Crippen LogP contribution in [0.1, 0.15) is 11.1 Å². The molecular formula is C20H21BrN4O3. The van der Waals surface area contributed by atoms with Crippen LogP contribution in [-0.4, -0.2) is 47.5 Å². The molecule has 0 spiro atoms. The third-order valence-electron chi connectivity index (χ3n) is 3.71. The topological polar surface area (TPSA) is 70.8 Å². The summed E-state index contributed by atoms with van der Waals surface area (Å²) in [5.74, 6) is 1.57. The lowest BCUT2D eigenvalue weighted by molar-refractivity contribution is 0.0764. The highest BCUT2D eigenvalue weighted by Crippen LogP contribution is 2.22. The van der Waals surface area contributed by atoms with E-state index in [0.29, 0.717) is 26.4 Å². The van der Waals surface area contributed by atoms with Crippen molar-refractivity contribution in [2.75, 3.05) is 26.4 Å². The van der Waals surface area contributed by atoms with Crippen molar-refractivity contribution in [3.05, 3.63) is 70.7 Å². The fraction of sp³-hybridized carbons (Fsp3) is 0.250. The molecule has 3 aromatic rings. The van der Waals surface area contributed by atoms with Gasteiger partial charge in [-0.3, -0.25) is 0 Å². The first-order valence-corrected chi connectivity index (χ1v) is 9.58. The van der Waals surface area contributed by atoms with Gasteiger partial charge in [-0.2, -0.15) is 5.10 Å². The third kappa shape index (κ3) is 6.47. The second kappa shape index (κ2) is 10.6. The Morgan fingerprint density at radius 3 is 2.43 bits per heavy atom. The van der Waals surface area contributed by atoms with Gasteiger partial charge in [-0.1, -0.05) is 33.6 Å². The van der Waals surface area contributed by atoms with Crippen LogP contribution in [0.25, 0.3) is 0 Å². The molecule has 0 saturated heterocycles. The summed E-state index contributed by atoms with van der Waals surface area (Å²) < 4.78 is 19.5. The Morgan fingerprint density at radius 2 is 1.68 bits per heavy atom. The zero-order chi connectivity index (χ0) is 19.6. The molecule has 0 amide bonds. The van der Waals surface area contributed by atoms with E-state index in [1.807, 2.05) is 49.4 Å². The van der Waals surface area contributed by atoms with Crippen LogP contribution in [0, 0.1) is 6.92 Å². The van der Waals surface area contributed by atoms with Crippen molar-refractivity contribution in [3.8, 4) is 11.5 Å². The molecule has 0 radical (unpaired) electrons. The van der Waals surface area contributed by atoms with Gasteiger partial charge >= 0.3 is 0 Å². The van der Waals surface area contributed by atoms with E-state index >= 15 is 0 Å². The Kier molecular flexibility index (Phi) is 7.57. The Bertz CT molecular complexity index is 883. The Hall–Kier alpha value is -2.71. The number of hydrogen-bond acceptors (Lipinski definition) is 6. The van der Waals surface area contributed by atoms with Gasteiger partial charge in [-0.05, 0) is 37.3 Å². The molecule has 7 nitrogen and oxygen atoms in total. The summed E-state index contributed by atoms with van der Waals surface area (Å²) in [6.07, 6.45) is 4.72. The monoisotopic (exact) mass is 444 g/mol. The highest BCUT2D eigenvalue weighted by Gasteiger charge is 2.03. The second-order valence-electron chi connectivity index (χ2n) is 5.89. The normalized spacial score (nSPS) is 11.1. The molecule has 0 aliphatic carbocycles. The van der Waals surface area contributed by atoms with Crippen molar-refractivity contribution in [1.82, 2.24) is 14.9 Å². The first-order chi connectivity index (χ1) is 13.7. The molecular weight excluding hydrogens is 424 g/mol. The van der Waals surface area contributed by atoms with Gasteiger partial charge in [0.15, 0.2) is 0 Å². The summed E-state index contributed by atoms with van der Waals surface area (Å²) in [6.45, 7) is 3.94. The first-order valence-electron chi connectivity index (χ1n) is 8.79. The van der Waals surface area contributed by atoms with Gasteiger partial charge in [0.25, 0.3) is 0 Å². The summed E-state index contributed by atoms with van der Waals surface area (Å²) in [7, 11) is 0. The molecule has 1 heterocycles. The van der Waals surface area contributed by atoms with Gasteiger partial charge in [0.2, 0.25) is 0 Å². The summed E-state index contributed by atoms with van der Waals surface area (Å²) in [5.41, 5.74) is 2.05. The third-order valence-corrected chi connectivity index (χ3v) is 4.20. The predicted octanol–water partition coefficient (Wildman–Crippen LogP) is 3.71. The minimum Gasteiger partial charge on any atom is -0.491 e. The summed E-state index contributed by atoms with van der Waals surface area (Å²) in [5, 5.41) is 11.7. The maximum atomic E-state index is 5.82. The van der Waals surface area contributed by atoms with Gasteiger partial charge in [-0.25, -0.2) is 4.68 Å². The highest BCUT2D eigenvalue weighted by molar-refractivity contribution is 9.10. The van der Waals surface area contributed by atoms with Crippen LogP contribution in [0.15, 0.2) is 64.7 Å². The summed E-state index contributed by atoms with van der Waals surface area (Å²) in [6, 6.07) is 13.7. The van der Waals surface area contributed by atoms with Crippen molar-refractivity contribution in [2.24, 2.45) is 5.10 Å². The lowest BCUT2D eigenvalue weighted by Crippen LogP contribution is -2.12. The largest absolute Gasteiger partial charge is 0.491 e. The SMILES string of the molecule is Cc1ccc(OCCOCCOc2ccc(Br)cc2C=Nn2cnnc2)cc1. The quantitative estimate of drug-likeness (QED) is 0.352. The minimum absolute atomic E-state index is 0.430. The maximum absolute atomic E-state index is 5.82. The van der Waals surface area contributed by atoms with E-state index in [9.17, 15) is 0 Å². The molecule has 146 valence electrons. The number of halogens is 1. The zero-order valence-electron chi connectivity index (χ0n) is 15.5. The second-order valence-corrected chi connectivity index (χ2v) is 6.81. The smallest absolute Gasteiger partial charge is 0.141 e. The zero-order valence-corrected chi connectivity index (χ0v) is 17.1. The van der Waals surface area contributed by atoms with Gasteiger partial charge in [0, 0.05) is 10.0 Å². The van der Waals surface area contributed by atoms with Crippen molar-refractivity contribution in [1.29, 1.82) is 0 Å². The Labute approximate surface area is 172 Å². The van der Waals surface area contributed by atoms with E-state index in [-0.39, 0.29) is 0 Å². The summed E-state index contributed by atoms with van der Waals surface area (Å²) >= 11 is 3.46. The molecule has 0 saturated carbocycles. The van der Waals surface area contributed by atoms with Gasteiger partial charge in [0.05, 0.1) is 19.4 Å². The number of ether oxygens (including phenoxy) is 3. The number of nitrogens with zero attached hydrogens (tertiary/aromatic N) is 4. The number of aromatic nitrogens is 3. The Morgan fingerprint density at radius 1 is 0.964 bits per heavy atom. The molecule has 0 unspecified atom stereocenters. The van der Waals surface area contributed by atoms with Crippen LogP contribution < -0.4 is 9.47 Å². The molecule has 0 atom stereocenters. The molecule has 2 aromatic carbocycles. The van der Waals surface area contributed by atoms with Crippen molar-refractivity contribution >= 4 is 22.1 Å². The average molecular weight is 445 g/mol. The van der Waals surface area contributed by atoms with E-state index in [0.717, 1.165) is 21.5 Å². The maximum Gasteiger partial charge on any atom is 0.141 e. The van der Waals surface area contributed by atoms with E-state index in [1.165, 1.54) is 22.9 Å². The molecule has 28 heavy (non-hydrogen) atoms. The van der Waals surface area contributed by atoms with Crippen molar-refractivity contribution in [3.63, 3.8) is 0 Å². The minimum atomic E-state index is 0.430. The predicted molar refractivity (Wildman–Crippen MR) is 110 cm³/mol. The molecule has 3 rings (SSSR count). The molecule has 0 fully saturated rings. The van der Waals surface area contributed by atoms with E-state index in [2.05, 4.69) is 31.2 Å². The molecule has 0 aliphatic heterocycles. The standard InChI is InChI=1S/C20H21BrN4O3/c1-16-2-5-19(6-3-16)27-10-8-26-9-11-28-20-7-4-18(21)12-17(20)13-24-25-14-22-23-15-25/h2-7,12-15H,8-11H2,1H3. The molecule has 8 heteroatoms. The van der Waals surface area contributed by atoms with Crippen LogP contribution in [0.2, 0.25) is 0 Å². The highest BCUT2D eigenvalue weighted by atomic mass is 79.9. The lowest BCUT2D eigenvalue weighted by Gasteiger charge is -2.10. The van der Waals surface area contributed by atoms with Crippen LogP contribution >= 0.6 is 15.9 Å². The van der Waals surface area contributed by atoms with Crippen LogP contribution in [0.3, 0.4) is 0 Å². The molecule has 1 aromatic heterocycles. The van der Waals surface area contributed by atoms with E-state index in [4.69, 9.17) is 14.2 Å². The van der Waals surface area contributed by atoms with Crippen LogP contribution in [0.4, 0.5) is 0 Å². The van der Waals surface area contributed by atoms with Crippen LogP contribution in [-0.2, 0) is 4.74 Å². The number of aryl methyl sites for hydroxylation is 1. The van der Waals surface area contributed by atoms with Gasteiger partial charge < -0.3 is 14.2 Å². The van der Waals surface area contributed by atoms with Crippen molar-refractivity contribution in [2.45, 2.75) is 6.92 Å². The van der Waals surface area contributed by atoms with Crippen molar-refractivity contribution < 1.29 is 14.2 Å². The van der Waals surface area contributed by atoms with E-state index in [1.54, 1.807) is 6.21 Å². The van der Waals surface area contributed by atoms with Crippen LogP contribution in [0.5, 0.6) is 11.5 Å². The Balaban J connectivity index is 1.40. The first kappa shape index (κ1) is 20.0. The van der Waals surface area contributed by atoms with Gasteiger partial charge in [-0.15, -0.1) is 10.2 Å². The number of rotatable bonds is 10. The molecule has 0 N–H and O–H groups in total. The van der Waals surface area contributed by atoms with Gasteiger partial charge in [0.1, 0.15) is 37.4 Å². The number of hydrogen-bond donors (Lipinski definition) is 0. The lowest BCUT2D eigenvalue weighted by atomic mass is 10.2. The fourth-order valence-electron chi connectivity index (χ4n) is 2.30. The number of benzene rings is 2. The molecule has 0 aliphatic rings. The van der Waals surface area contributed by atoms with E-state index < -0.39 is 0 Å². The average Bonchev–Trinajstić information content (AvgIpc) is 3.22.